The van der Waals surface area contributed by atoms with Crippen molar-refractivity contribution in [3.05, 3.63) is 48.6 Å². The molecule has 1 fully saturated rings. The van der Waals surface area contributed by atoms with E-state index in [1.54, 1.807) is 6.08 Å². The topological polar surface area (TPSA) is 46.6 Å². The molecule has 1 aliphatic heterocycles. The predicted octanol–water partition coefficient (Wildman–Crippen LogP) is 4.14. The Bertz CT molecular complexity index is 649. The van der Waals surface area contributed by atoms with Crippen LogP contribution in [-0.2, 0) is 20.9 Å². The van der Waals surface area contributed by atoms with Gasteiger partial charge in [0.2, 0.25) is 5.91 Å². The number of rotatable bonds is 6. The van der Waals surface area contributed by atoms with E-state index in [0.29, 0.717) is 6.42 Å². The van der Waals surface area contributed by atoms with Crippen LogP contribution < -0.4 is 0 Å². The molecule has 0 N–H and O–H groups in total. The van der Waals surface area contributed by atoms with Gasteiger partial charge in [-0.1, -0.05) is 70.3 Å². The van der Waals surface area contributed by atoms with E-state index < -0.39 is 14.3 Å². The standard InChI is InChI=1S/C20H29NO3Si/c1-7-11-16-17(19(23)24-14-15-12-9-8-10-13-15)21(18(16)22)25(5,6)20(2,3)4/h7-10,12-13,16-17H,1,11,14H2,2-6H3/t16-,17+/m1/s1. The highest BCUT2D eigenvalue weighted by molar-refractivity contribution is 6.80. The predicted molar refractivity (Wildman–Crippen MR) is 102 cm³/mol. The van der Waals surface area contributed by atoms with Crippen molar-refractivity contribution < 1.29 is 14.3 Å². The van der Waals surface area contributed by atoms with Crippen LogP contribution in [0.5, 0.6) is 0 Å². The molecule has 136 valence electrons. The fourth-order valence-corrected chi connectivity index (χ4v) is 5.45. The lowest BCUT2D eigenvalue weighted by Gasteiger charge is -2.57. The Morgan fingerprint density at radius 1 is 1.28 bits per heavy atom. The van der Waals surface area contributed by atoms with E-state index in [4.69, 9.17) is 4.74 Å². The minimum Gasteiger partial charge on any atom is -0.459 e. The molecule has 0 unspecified atom stereocenters. The van der Waals surface area contributed by atoms with Gasteiger partial charge in [0.1, 0.15) is 12.6 Å². The Hall–Kier alpha value is -1.88. The van der Waals surface area contributed by atoms with Gasteiger partial charge in [0.15, 0.2) is 8.24 Å². The summed E-state index contributed by atoms with van der Waals surface area (Å²) in [5, 5.41) is -0.0280. The van der Waals surface area contributed by atoms with Crippen molar-refractivity contribution in [3.63, 3.8) is 0 Å². The number of β-lactam (4-membered cyclic amide) rings is 1. The van der Waals surface area contributed by atoms with Gasteiger partial charge in [-0.05, 0) is 17.0 Å². The molecule has 1 aliphatic rings. The fraction of sp³-hybridized carbons (Fsp3) is 0.500. The lowest BCUT2D eigenvalue weighted by Crippen LogP contribution is -2.74. The highest BCUT2D eigenvalue weighted by Gasteiger charge is 2.59. The SMILES string of the molecule is C=CC[C@H]1C(=O)N([Si](C)(C)C(C)(C)C)[C@@H]1C(=O)OCc1ccccc1. The lowest BCUT2D eigenvalue weighted by molar-refractivity contribution is -0.168. The molecule has 1 amide bonds. The molecule has 0 radical (unpaired) electrons. The maximum absolute atomic E-state index is 12.8. The van der Waals surface area contributed by atoms with E-state index in [9.17, 15) is 9.59 Å². The summed E-state index contributed by atoms with van der Waals surface area (Å²) in [5.41, 5.74) is 0.945. The summed E-state index contributed by atoms with van der Waals surface area (Å²) in [6.45, 7) is 14.7. The molecule has 0 aliphatic carbocycles. The number of ether oxygens (including phenoxy) is 1. The van der Waals surface area contributed by atoms with Crippen molar-refractivity contribution in [2.45, 2.75) is 58.0 Å². The van der Waals surface area contributed by atoms with Gasteiger partial charge in [-0.25, -0.2) is 4.79 Å². The number of hydrogen-bond donors (Lipinski definition) is 0. The molecule has 1 heterocycles. The van der Waals surface area contributed by atoms with Crippen LogP contribution in [0.15, 0.2) is 43.0 Å². The van der Waals surface area contributed by atoms with Crippen LogP contribution >= 0.6 is 0 Å². The molecule has 2 atom stereocenters. The van der Waals surface area contributed by atoms with Crippen molar-refractivity contribution in [1.29, 1.82) is 0 Å². The molecular weight excluding hydrogens is 330 g/mol. The Morgan fingerprint density at radius 3 is 2.40 bits per heavy atom. The summed E-state index contributed by atoms with van der Waals surface area (Å²) >= 11 is 0. The van der Waals surface area contributed by atoms with Crippen molar-refractivity contribution in [2.75, 3.05) is 0 Å². The Morgan fingerprint density at radius 2 is 1.88 bits per heavy atom. The number of allylic oxidation sites excluding steroid dienone is 1. The van der Waals surface area contributed by atoms with Gasteiger partial charge in [-0.2, -0.15) is 0 Å². The third kappa shape index (κ3) is 3.71. The Kier molecular flexibility index (Phi) is 5.57. The number of carbonyl (C=O) groups excluding carboxylic acids is 2. The molecule has 25 heavy (non-hydrogen) atoms. The molecule has 2 rings (SSSR count). The van der Waals surface area contributed by atoms with Crippen molar-refractivity contribution >= 4 is 20.1 Å². The first kappa shape index (κ1) is 19.4. The smallest absolute Gasteiger partial charge is 0.329 e. The van der Waals surface area contributed by atoms with Gasteiger partial charge >= 0.3 is 5.97 Å². The zero-order chi connectivity index (χ0) is 18.8. The van der Waals surface area contributed by atoms with Crippen molar-refractivity contribution in [2.24, 2.45) is 5.92 Å². The molecule has 1 saturated heterocycles. The summed E-state index contributed by atoms with van der Waals surface area (Å²) < 4.78 is 7.39. The number of carbonyl (C=O) groups is 2. The summed E-state index contributed by atoms with van der Waals surface area (Å²) in [5.74, 6) is -0.580. The minimum absolute atomic E-state index is 0.0280. The second kappa shape index (κ2) is 7.16. The van der Waals surface area contributed by atoms with Gasteiger partial charge < -0.3 is 9.30 Å². The molecule has 1 aromatic carbocycles. The maximum Gasteiger partial charge on any atom is 0.329 e. The molecule has 4 nitrogen and oxygen atoms in total. The average molecular weight is 360 g/mol. The van der Waals surface area contributed by atoms with E-state index in [-0.39, 0.29) is 29.4 Å². The number of esters is 1. The average Bonchev–Trinajstić information content (AvgIpc) is 2.54. The van der Waals surface area contributed by atoms with Crippen molar-refractivity contribution in [3.8, 4) is 0 Å². The number of benzene rings is 1. The van der Waals surface area contributed by atoms with Crippen LogP contribution in [0.4, 0.5) is 0 Å². The van der Waals surface area contributed by atoms with E-state index >= 15 is 0 Å². The summed E-state index contributed by atoms with van der Waals surface area (Å²) in [4.78, 5) is 25.5. The second-order valence-electron chi connectivity index (χ2n) is 8.19. The molecule has 5 heteroatoms. The van der Waals surface area contributed by atoms with Gasteiger partial charge in [-0.3, -0.25) is 4.79 Å². The van der Waals surface area contributed by atoms with Crippen LogP contribution in [0.1, 0.15) is 32.8 Å². The van der Waals surface area contributed by atoms with E-state index in [1.165, 1.54) is 0 Å². The van der Waals surface area contributed by atoms with Crippen LogP contribution in [-0.4, -0.2) is 30.7 Å². The monoisotopic (exact) mass is 359 g/mol. The van der Waals surface area contributed by atoms with Crippen LogP contribution in [0.2, 0.25) is 18.1 Å². The fourth-order valence-electron chi connectivity index (χ4n) is 3.03. The van der Waals surface area contributed by atoms with E-state index in [0.717, 1.165) is 5.56 Å². The molecule has 0 saturated carbocycles. The normalized spacial score (nSPS) is 20.8. The van der Waals surface area contributed by atoms with Crippen molar-refractivity contribution in [1.82, 2.24) is 4.57 Å². The third-order valence-electron chi connectivity index (χ3n) is 5.54. The van der Waals surface area contributed by atoms with Crippen LogP contribution in [0.3, 0.4) is 0 Å². The van der Waals surface area contributed by atoms with E-state index in [1.807, 2.05) is 34.9 Å². The zero-order valence-corrected chi connectivity index (χ0v) is 16.9. The number of hydrogen-bond acceptors (Lipinski definition) is 3. The summed E-state index contributed by atoms with van der Waals surface area (Å²) in [7, 11) is -2.14. The second-order valence-corrected chi connectivity index (χ2v) is 13.3. The summed E-state index contributed by atoms with van der Waals surface area (Å²) in [6.07, 6.45) is 2.22. The van der Waals surface area contributed by atoms with Crippen LogP contribution in [0.25, 0.3) is 0 Å². The first-order valence-electron chi connectivity index (χ1n) is 8.76. The Labute approximate surface area is 152 Å². The third-order valence-corrected chi connectivity index (χ3v) is 10.9. The first-order valence-corrected chi connectivity index (χ1v) is 11.7. The molecule has 0 bridgehead atoms. The molecule has 1 aromatic rings. The highest BCUT2D eigenvalue weighted by atomic mass is 28.3. The largest absolute Gasteiger partial charge is 0.459 e. The minimum atomic E-state index is -2.14. The van der Waals surface area contributed by atoms with E-state index in [2.05, 4.69) is 40.4 Å². The Balaban J connectivity index is 2.18. The first-order chi connectivity index (χ1) is 11.6. The highest BCUT2D eigenvalue weighted by Crippen LogP contribution is 2.45. The zero-order valence-electron chi connectivity index (χ0n) is 15.9. The number of nitrogens with zero attached hydrogens (tertiary/aromatic N) is 1. The van der Waals surface area contributed by atoms with Gasteiger partial charge in [0.05, 0.1) is 5.92 Å². The molecule has 0 spiro atoms. The quantitative estimate of drug-likeness (QED) is 0.332. The number of amides is 1. The lowest BCUT2D eigenvalue weighted by atomic mass is 9.87. The maximum atomic E-state index is 12.8. The summed E-state index contributed by atoms with van der Waals surface area (Å²) in [6, 6.07) is 9.11. The molecule has 0 aromatic heterocycles. The van der Waals surface area contributed by atoms with Gasteiger partial charge in [-0.15, -0.1) is 6.58 Å². The molecular formula is C20H29NO3Si. The van der Waals surface area contributed by atoms with Gasteiger partial charge in [0.25, 0.3) is 0 Å². The van der Waals surface area contributed by atoms with Gasteiger partial charge in [0, 0.05) is 0 Å². The van der Waals surface area contributed by atoms with Crippen LogP contribution in [0, 0.1) is 5.92 Å².